The monoisotopic (exact) mass is 395 g/mol. The number of benzene rings is 3. The van der Waals surface area contributed by atoms with E-state index in [2.05, 4.69) is 15.8 Å². The molecule has 0 spiro atoms. The highest BCUT2D eigenvalue weighted by molar-refractivity contribution is 7.80. The standard InChI is InChI=1S/C21H18ClN3OS/c22-18-8-4-7-17(12-18)15-26-20-11-5-6-16(13-20)14-23-25-21(27)24-19-9-2-1-3-10-19/h1-14H,15H2,(H2,24,25,27)/b23-14-. The van der Waals surface area contributed by atoms with Crippen molar-refractivity contribution in [2.75, 3.05) is 5.32 Å². The summed E-state index contributed by atoms with van der Waals surface area (Å²) in [7, 11) is 0. The average molecular weight is 396 g/mol. The van der Waals surface area contributed by atoms with Gasteiger partial charge in [0.2, 0.25) is 0 Å². The first-order valence-corrected chi connectivity index (χ1v) is 9.10. The normalized spacial score (nSPS) is 10.6. The fourth-order valence-electron chi connectivity index (χ4n) is 2.32. The minimum Gasteiger partial charge on any atom is -0.489 e. The zero-order valence-electron chi connectivity index (χ0n) is 14.4. The minimum atomic E-state index is 0.422. The molecule has 0 aromatic heterocycles. The van der Waals surface area contributed by atoms with Crippen molar-refractivity contribution >= 4 is 40.8 Å². The van der Waals surface area contributed by atoms with Gasteiger partial charge in [-0.05, 0) is 59.7 Å². The van der Waals surface area contributed by atoms with Crippen LogP contribution in [0.1, 0.15) is 11.1 Å². The molecule has 0 fully saturated rings. The Morgan fingerprint density at radius 2 is 1.81 bits per heavy atom. The molecular formula is C21H18ClN3OS. The molecule has 3 aromatic rings. The first-order chi connectivity index (χ1) is 13.2. The maximum atomic E-state index is 5.99. The van der Waals surface area contributed by atoms with Gasteiger partial charge in [0.05, 0.1) is 6.21 Å². The third-order valence-electron chi connectivity index (χ3n) is 3.56. The Kier molecular flexibility index (Phi) is 6.79. The van der Waals surface area contributed by atoms with Gasteiger partial charge in [0, 0.05) is 10.7 Å². The van der Waals surface area contributed by atoms with Gasteiger partial charge < -0.3 is 10.1 Å². The lowest BCUT2D eigenvalue weighted by Gasteiger charge is -2.08. The van der Waals surface area contributed by atoms with E-state index in [1.165, 1.54) is 0 Å². The van der Waals surface area contributed by atoms with Crippen molar-refractivity contribution in [2.24, 2.45) is 5.10 Å². The molecule has 0 aliphatic carbocycles. The highest BCUT2D eigenvalue weighted by Crippen LogP contribution is 2.16. The van der Waals surface area contributed by atoms with E-state index in [0.29, 0.717) is 16.7 Å². The molecule has 0 aliphatic heterocycles. The van der Waals surface area contributed by atoms with Gasteiger partial charge >= 0.3 is 0 Å². The van der Waals surface area contributed by atoms with Gasteiger partial charge in [0.1, 0.15) is 12.4 Å². The van der Waals surface area contributed by atoms with Crippen LogP contribution in [0.3, 0.4) is 0 Å². The van der Waals surface area contributed by atoms with Crippen LogP contribution in [0.2, 0.25) is 5.02 Å². The Morgan fingerprint density at radius 1 is 1.00 bits per heavy atom. The van der Waals surface area contributed by atoms with E-state index >= 15 is 0 Å². The van der Waals surface area contributed by atoms with Crippen LogP contribution in [0.5, 0.6) is 5.75 Å². The molecule has 0 amide bonds. The molecule has 0 bridgehead atoms. The number of nitrogens with one attached hydrogen (secondary N) is 2. The summed E-state index contributed by atoms with van der Waals surface area (Å²) in [5.41, 5.74) is 5.61. The van der Waals surface area contributed by atoms with E-state index in [1.807, 2.05) is 78.9 Å². The molecular weight excluding hydrogens is 378 g/mol. The summed E-state index contributed by atoms with van der Waals surface area (Å²) < 4.78 is 5.82. The van der Waals surface area contributed by atoms with E-state index in [-0.39, 0.29) is 0 Å². The second-order valence-corrected chi connectivity index (χ2v) is 6.53. The van der Waals surface area contributed by atoms with E-state index in [9.17, 15) is 0 Å². The first-order valence-electron chi connectivity index (χ1n) is 8.31. The van der Waals surface area contributed by atoms with Crippen molar-refractivity contribution in [1.29, 1.82) is 0 Å². The van der Waals surface area contributed by atoms with Crippen LogP contribution in [-0.2, 0) is 6.61 Å². The van der Waals surface area contributed by atoms with Crippen LogP contribution in [0, 0.1) is 0 Å². The number of ether oxygens (including phenoxy) is 1. The number of thiocarbonyl (C=S) groups is 1. The number of nitrogens with zero attached hydrogens (tertiary/aromatic N) is 1. The van der Waals surface area contributed by atoms with Crippen molar-refractivity contribution in [3.63, 3.8) is 0 Å². The molecule has 27 heavy (non-hydrogen) atoms. The topological polar surface area (TPSA) is 45.7 Å². The Balaban J connectivity index is 1.52. The quantitative estimate of drug-likeness (QED) is 0.340. The fraction of sp³-hybridized carbons (Fsp3) is 0.0476. The number of hydrogen-bond donors (Lipinski definition) is 2. The van der Waals surface area contributed by atoms with Crippen LogP contribution in [0.25, 0.3) is 0 Å². The Hall–Kier alpha value is -2.89. The third kappa shape index (κ3) is 6.40. The van der Waals surface area contributed by atoms with Crippen molar-refractivity contribution in [1.82, 2.24) is 5.43 Å². The average Bonchev–Trinajstić information content (AvgIpc) is 2.68. The van der Waals surface area contributed by atoms with Gasteiger partial charge in [-0.15, -0.1) is 0 Å². The zero-order chi connectivity index (χ0) is 18.9. The van der Waals surface area contributed by atoms with Crippen molar-refractivity contribution < 1.29 is 4.74 Å². The Bertz CT molecular complexity index is 931. The van der Waals surface area contributed by atoms with E-state index < -0.39 is 0 Å². The van der Waals surface area contributed by atoms with Crippen molar-refractivity contribution in [3.05, 3.63) is 95.0 Å². The summed E-state index contributed by atoms with van der Waals surface area (Å²) in [6.07, 6.45) is 1.69. The van der Waals surface area contributed by atoms with Gasteiger partial charge in [0.25, 0.3) is 0 Å². The molecule has 3 rings (SSSR count). The second-order valence-electron chi connectivity index (χ2n) is 5.68. The highest BCUT2D eigenvalue weighted by Gasteiger charge is 1.99. The minimum absolute atomic E-state index is 0.422. The van der Waals surface area contributed by atoms with Gasteiger partial charge in [-0.25, -0.2) is 0 Å². The fourth-order valence-corrected chi connectivity index (χ4v) is 2.71. The first kappa shape index (κ1) is 18.9. The van der Waals surface area contributed by atoms with E-state index in [4.69, 9.17) is 28.6 Å². The lowest BCUT2D eigenvalue weighted by molar-refractivity contribution is 0.306. The van der Waals surface area contributed by atoms with Crippen LogP contribution < -0.4 is 15.5 Å². The molecule has 4 nitrogen and oxygen atoms in total. The van der Waals surface area contributed by atoms with Gasteiger partial charge in [-0.1, -0.05) is 54.1 Å². The molecule has 6 heteroatoms. The number of hydrogen-bond acceptors (Lipinski definition) is 3. The summed E-state index contributed by atoms with van der Waals surface area (Å²) in [6, 6.07) is 24.9. The van der Waals surface area contributed by atoms with Crippen LogP contribution in [0.4, 0.5) is 5.69 Å². The molecule has 136 valence electrons. The molecule has 2 N–H and O–H groups in total. The number of rotatable bonds is 6. The summed E-state index contributed by atoms with van der Waals surface area (Å²) in [4.78, 5) is 0. The van der Waals surface area contributed by atoms with Gasteiger partial charge in [-0.2, -0.15) is 5.10 Å². The number of hydrazone groups is 1. The molecule has 0 atom stereocenters. The third-order valence-corrected chi connectivity index (χ3v) is 3.99. The van der Waals surface area contributed by atoms with Gasteiger partial charge in [-0.3, -0.25) is 5.43 Å². The largest absolute Gasteiger partial charge is 0.489 e. The second kappa shape index (κ2) is 9.71. The maximum absolute atomic E-state index is 5.99. The summed E-state index contributed by atoms with van der Waals surface area (Å²) >= 11 is 11.2. The van der Waals surface area contributed by atoms with E-state index in [0.717, 1.165) is 22.6 Å². The molecule has 3 aromatic carbocycles. The summed E-state index contributed by atoms with van der Waals surface area (Å²) in [5.74, 6) is 0.754. The van der Waals surface area contributed by atoms with Crippen molar-refractivity contribution in [2.45, 2.75) is 6.61 Å². The van der Waals surface area contributed by atoms with Crippen LogP contribution in [0.15, 0.2) is 84.0 Å². The van der Waals surface area contributed by atoms with Crippen molar-refractivity contribution in [3.8, 4) is 5.75 Å². The Labute approximate surface area is 168 Å². The molecule has 0 heterocycles. The smallest absolute Gasteiger partial charge is 0.191 e. The molecule has 0 saturated carbocycles. The van der Waals surface area contributed by atoms with Crippen LogP contribution in [-0.4, -0.2) is 11.3 Å². The predicted octanol–water partition coefficient (Wildman–Crippen LogP) is 5.24. The summed E-state index contributed by atoms with van der Waals surface area (Å²) in [5, 5.41) is 8.33. The SMILES string of the molecule is S=C(N/N=C\c1cccc(OCc2cccc(Cl)c2)c1)Nc1ccccc1. The zero-order valence-corrected chi connectivity index (χ0v) is 16.0. The lowest BCUT2D eigenvalue weighted by atomic mass is 10.2. The Morgan fingerprint density at radius 3 is 2.63 bits per heavy atom. The molecule has 0 aliphatic rings. The van der Waals surface area contributed by atoms with Crippen LogP contribution >= 0.6 is 23.8 Å². The predicted molar refractivity (Wildman–Crippen MR) is 116 cm³/mol. The number of halogens is 1. The molecule has 0 saturated heterocycles. The van der Waals surface area contributed by atoms with Gasteiger partial charge in [0.15, 0.2) is 5.11 Å². The summed E-state index contributed by atoms with van der Waals surface area (Å²) in [6.45, 7) is 0.449. The lowest BCUT2D eigenvalue weighted by Crippen LogP contribution is -2.23. The maximum Gasteiger partial charge on any atom is 0.191 e. The number of para-hydroxylation sites is 1. The highest BCUT2D eigenvalue weighted by atomic mass is 35.5. The molecule has 0 unspecified atom stereocenters. The van der Waals surface area contributed by atoms with E-state index in [1.54, 1.807) is 6.21 Å². The number of anilines is 1. The molecule has 0 radical (unpaired) electrons.